The van der Waals surface area contributed by atoms with E-state index in [-0.39, 0.29) is 5.41 Å². The van der Waals surface area contributed by atoms with Gasteiger partial charge in [0.05, 0.1) is 13.2 Å². The first kappa shape index (κ1) is 12.9. The van der Waals surface area contributed by atoms with Crippen LogP contribution in [0.3, 0.4) is 0 Å². The summed E-state index contributed by atoms with van der Waals surface area (Å²) in [7, 11) is 0. The van der Waals surface area contributed by atoms with Gasteiger partial charge in [0.15, 0.2) is 0 Å². The van der Waals surface area contributed by atoms with Crippen molar-refractivity contribution in [3.8, 4) is 0 Å². The van der Waals surface area contributed by atoms with Gasteiger partial charge in [0.2, 0.25) is 0 Å². The Morgan fingerprint density at radius 3 is 2.84 bits per heavy atom. The maximum Gasteiger partial charge on any atom is 0.0594 e. The summed E-state index contributed by atoms with van der Waals surface area (Å²) in [4.78, 5) is 5.02. The Hall–Kier alpha value is -1.06. The second kappa shape index (κ2) is 5.14. The van der Waals surface area contributed by atoms with Crippen LogP contribution in [0.1, 0.15) is 19.4 Å². The van der Waals surface area contributed by atoms with Crippen LogP contribution in [0.15, 0.2) is 18.2 Å². The third-order valence-corrected chi connectivity index (χ3v) is 4.29. The molecule has 0 atom stereocenters. The molecule has 0 saturated carbocycles. The molecule has 2 aliphatic heterocycles. The fourth-order valence-electron chi connectivity index (χ4n) is 3.19. The van der Waals surface area contributed by atoms with Crippen molar-refractivity contribution in [3.05, 3.63) is 29.8 Å². The smallest absolute Gasteiger partial charge is 0.0594 e. The first-order valence-electron chi connectivity index (χ1n) is 7.22. The molecule has 3 rings (SSSR count). The normalized spacial score (nSPS) is 22.5. The van der Waals surface area contributed by atoms with Gasteiger partial charge >= 0.3 is 0 Å². The molecule has 0 bridgehead atoms. The van der Waals surface area contributed by atoms with E-state index < -0.39 is 0 Å². The van der Waals surface area contributed by atoms with Gasteiger partial charge in [-0.3, -0.25) is 4.90 Å². The Morgan fingerprint density at radius 2 is 2.05 bits per heavy atom. The van der Waals surface area contributed by atoms with Crippen molar-refractivity contribution in [1.82, 2.24) is 4.90 Å². The number of rotatable bonds is 3. The van der Waals surface area contributed by atoms with Crippen molar-refractivity contribution in [3.63, 3.8) is 0 Å². The van der Waals surface area contributed by atoms with E-state index >= 15 is 0 Å². The van der Waals surface area contributed by atoms with Gasteiger partial charge in [0, 0.05) is 43.8 Å². The molecule has 0 unspecified atom stereocenters. The van der Waals surface area contributed by atoms with E-state index in [1.165, 1.54) is 11.3 Å². The minimum atomic E-state index is 0.259. The van der Waals surface area contributed by atoms with E-state index in [0.717, 1.165) is 45.9 Å². The Morgan fingerprint density at radius 1 is 1.26 bits per heavy atom. The lowest BCUT2D eigenvalue weighted by atomic mass is 9.87. The molecular weight excluding hydrogens is 236 g/mol. The zero-order chi connectivity index (χ0) is 13.3. The van der Waals surface area contributed by atoms with Crippen LogP contribution in [0.25, 0.3) is 0 Å². The summed E-state index contributed by atoms with van der Waals surface area (Å²) in [6, 6.07) is 9.63. The Bertz CT molecular complexity index is 438. The molecule has 1 aromatic rings. The fourth-order valence-corrected chi connectivity index (χ4v) is 3.19. The predicted molar refractivity (Wildman–Crippen MR) is 77.8 cm³/mol. The van der Waals surface area contributed by atoms with Gasteiger partial charge in [-0.15, -0.1) is 0 Å². The Labute approximate surface area is 116 Å². The quantitative estimate of drug-likeness (QED) is 0.825. The highest BCUT2D eigenvalue weighted by Gasteiger charge is 2.34. The predicted octanol–water partition coefficient (Wildman–Crippen LogP) is 1.92. The van der Waals surface area contributed by atoms with Gasteiger partial charge in [0.25, 0.3) is 0 Å². The first-order valence-corrected chi connectivity index (χ1v) is 7.22. The van der Waals surface area contributed by atoms with Gasteiger partial charge in [-0.1, -0.05) is 26.0 Å². The van der Waals surface area contributed by atoms with Crippen LogP contribution in [0.2, 0.25) is 0 Å². The highest BCUT2D eigenvalue weighted by atomic mass is 16.5. The average molecular weight is 259 g/mol. The Balaban J connectivity index is 1.66. The zero-order valence-electron chi connectivity index (χ0n) is 12.0. The lowest BCUT2D eigenvalue weighted by Crippen LogP contribution is -2.42. The summed E-state index contributed by atoms with van der Waals surface area (Å²) in [6.07, 6.45) is 0. The lowest BCUT2D eigenvalue weighted by molar-refractivity contribution is 0.0391. The monoisotopic (exact) mass is 259 g/mol. The average Bonchev–Trinajstić information content (AvgIpc) is 2.70. The molecule has 2 aliphatic rings. The van der Waals surface area contributed by atoms with E-state index in [1.54, 1.807) is 0 Å². The van der Waals surface area contributed by atoms with Crippen molar-refractivity contribution < 1.29 is 4.74 Å². The zero-order valence-corrected chi connectivity index (χ0v) is 12.0. The molecule has 0 spiro atoms. The molecular formula is C16H23N2O. The molecule has 3 heteroatoms. The van der Waals surface area contributed by atoms with Crippen molar-refractivity contribution >= 4 is 5.69 Å². The van der Waals surface area contributed by atoms with Crippen LogP contribution < -0.4 is 4.90 Å². The van der Waals surface area contributed by atoms with Crippen LogP contribution in [0.5, 0.6) is 0 Å². The molecule has 103 valence electrons. The van der Waals surface area contributed by atoms with Crippen molar-refractivity contribution in [2.24, 2.45) is 0 Å². The summed E-state index contributed by atoms with van der Waals surface area (Å²) < 4.78 is 5.40. The van der Waals surface area contributed by atoms with E-state index in [2.05, 4.69) is 41.8 Å². The number of hydrogen-bond acceptors (Lipinski definition) is 3. The van der Waals surface area contributed by atoms with Crippen molar-refractivity contribution in [1.29, 1.82) is 0 Å². The third kappa shape index (κ3) is 2.63. The van der Waals surface area contributed by atoms with Crippen LogP contribution in [-0.4, -0.2) is 50.8 Å². The van der Waals surface area contributed by atoms with E-state index in [4.69, 9.17) is 4.74 Å². The molecule has 0 aromatic heterocycles. The maximum absolute atomic E-state index is 5.40. The molecule has 1 radical (unpaired) electrons. The standard InChI is InChI=1S/C16H23N2O/c1-16(2)13-18(15-6-4-3-5-14(15)16)8-7-17-9-11-19-12-10-17/h3,5-6H,7-13H2,1-2H3. The van der Waals surface area contributed by atoms with Crippen molar-refractivity contribution in [2.45, 2.75) is 19.3 Å². The molecule has 0 aliphatic carbocycles. The topological polar surface area (TPSA) is 15.7 Å². The van der Waals surface area contributed by atoms with Crippen LogP contribution in [-0.2, 0) is 10.2 Å². The summed E-state index contributed by atoms with van der Waals surface area (Å²) in [5, 5.41) is 0. The summed E-state index contributed by atoms with van der Waals surface area (Å²) in [5.41, 5.74) is 3.10. The minimum absolute atomic E-state index is 0.259. The molecule has 2 heterocycles. The van der Waals surface area contributed by atoms with Gasteiger partial charge < -0.3 is 9.64 Å². The molecule has 1 aromatic carbocycles. The van der Waals surface area contributed by atoms with E-state index in [0.29, 0.717) is 0 Å². The number of anilines is 1. The van der Waals surface area contributed by atoms with Crippen LogP contribution in [0.4, 0.5) is 5.69 Å². The van der Waals surface area contributed by atoms with Gasteiger partial charge in [-0.2, -0.15) is 0 Å². The summed E-state index contributed by atoms with van der Waals surface area (Å²) >= 11 is 0. The number of ether oxygens (including phenoxy) is 1. The molecule has 1 saturated heterocycles. The largest absolute Gasteiger partial charge is 0.379 e. The number of benzene rings is 1. The van der Waals surface area contributed by atoms with E-state index in [9.17, 15) is 0 Å². The highest BCUT2D eigenvalue weighted by Crippen LogP contribution is 2.39. The number of fused-ring (bicyclic) bond motifs is 1. The minimum Gasteiger partial charge on any atom is -0.379 e. The molecule has 3 nitrogen and oxygen atoms in total. The summed E-state index contributed by atoms with van der Waals surface area (Å²) in [5.74, 6) is 0. The highest BCUT2D eigenvalue weighted by molar-refractivity contribution is 5.61. The number of nitrogens with zero attached hydrogens (tertiary/aromatic N) is 2. The van der Waals surface area contributed by atoms with Crippen molar-refractivity contribution in [2.75, 3.05) is 50.8 Å². The summed E-state index contributed by atoms with van der Waals surface area (Å²) in [6.45, 7) is 11.9. The fraction of sp³-hybridized carbons (Fsp3) is 0.625. The Kier molecular flexibility index (Phi) is 3.50. The molecule has 0 N–H and O–H groups in total. The molecule has 19 heavy (non-hydrogen) atoms. The second-order valence-electron chi connectivity index (χ2n) is 6.20. The molecule has 1 fully saturated rings. The number of morpholine rings is 1. The SMILES string of the molecule is CC1(C)CN(CCN2CCOCC2)c2c[c]ccc21. The third-order valence-electron chi connectivity index (χ3n) is 4.29. The molecule has 0 amide bonds. The van der Waals surface area contributed by atoms with Gasteiger partial charge in [-0.25, -0.2) is 0 Å². The van der Waals surface area contributed by atoms with Crippen LogP contribution in [0, 0.1) is 6.07 Å². The van der Waals surface area contributed by atoms with Gasteiger partial charge in [0.1, 0.15) is 0 Å². The second-order valence-corrected chi connectivity index (χ2v) is 6.20. The van der Waals surface area contributed by atoms with E-state index in [1.807, 2.05) is 6.07 Å². The van der Waals surface area contributed by atoms with Crippen LogP contribution >= 0.6 is 0 Å². The lowest BCUT2D eigenvalue weighted by Gasteiger charge is -2.30. The van der Waals surface area contributed by atoms with Gasteiger partial charge in [-0.05, 0) is 17.7 Å². The maximum atomic E-state index is 5.40. The number of hydrogen-bond donors (Lipinski definition) is 0. The first-order chi connectivity index (χ1) is 9.17.